The van der Waals surface area contributed by atoms with Crippen LogP contribution in [0.4, 0.5) is 0 Å². The van der Waals surface area contributed by atoms with Gasteiger partial charge in [0.05, 0.1) is 29.2 Å². The monoisotopic (exact) mass is 488 g/mol. The Morgan fingerprint density at radius 1 is 0.968 bits per heavy atom. The number of nitrogens with one attached hydrogen (secondary N) is 1. The number of nitrogens with zero attached hydrogens (tertiary/aromatic N) is 1. The average Bonchev–Trinajstić information content (AvgIpc) is 2.74. The lowest BCUT2D eigenvalue weighted by molar-refractivity contribution is 0.350. The third-order valence-electron chi connectivity index (χ3n) is 4.85. The Morgan fingerprint density at radius 2 is 1.68 bits per heavy atom. The minimum absolute atomic E-state index is 0.143. The molecule has 0 atom stereocenters. The van der Waals surface area contributed by atoms with Gasteiger partial charge in [0.15, 0.2) is 11.5 Å². The summed E-state index contributed by atoms with van der Waals surface area (Å²) in [5.41, 5.74) is 1.16. The molecule has 0 aliphatic carbocycles. The zero-order valence-corrected chi connectivity index (χ0v) is 20.6. The van der Waals surface area contributed by atoms with Gasteiger partial charge in [0.25, 0.3) is 0 Å². The quantitative estimate of drug-likeness (QED) is 0.441. The molecule has 2 rings (SSSR count). The van der Waals surface area contributed by atoms with Crippen molar-refractivity contribution >= 4 is 33.2 Å². The summed E-state index contributed by atoms with van der Waals surface area (Å²) in [4.78, 5) is 0.143. The summed E-state index contributed by atoms with van der Waals surface area (Å²) in [6.07, 6.45) is 1.79. The van der Waals surface area contributed by atoms with Gasteiger partial charge in [-0.1, -0.05) is 29.3 Å². The van der Waals surface area contributed by atoms with Gasteiger partial charge in [-0.2, -0.15) is 4.31 Å². The Labute approximate surface area is 195 Å². The van der Waals surface area contributed by atoms with Crippen molar-refractivity contribution in [1.29, 1.82) is 0 Å². The van der Waals surface area contributed by atoms with Crippen molar-refractivity contribution in [3.8, 4) is 11.5 Å². The standard InChI is InChI=1S/C22H30Cl2N2O4S/c1-16(2)26(31(27,28)18-8-9-19(23)20(24)15-18)13-12-25-11-5-6-17-7-10-21(29-3)22(14-17)30-4/h7-10,14-16,25H,5-6,11-13H2,1-4H3. The molecule has 1 N–H and O–H groups in total. The van der Waals surface area contributed by atoms with Crippen LogP contribution in [0, 0.1) is 0 Å². The minimum atomic E-state index is -3.67. The molecule has 0 heterocycles. The van der Waals surface area contributed by atoms with Crippen LogP contribution in [0.2, 0.25) is 10.0 Å². The molecular formula is C22H30Cl2N2O4S. The summed E-state index contributed by atoms with van der Waals surface area (Å²) in [5, 5.41) is 3.88. The van der Waals surface area contributed by atoms with Gasteiger partial charge < -0.3 is 14.8 Å². The van der Waals surface area contributed by atoms with Gasteiger partial charge in [-0.15, -0.1) is 0 Å². The maximum Gasteiger partial charge on any atom is 0.243 e. The highest BCUT2D eigenvalue weighted by molar-refractivity contribution is 7.89. The lowest BCUT2D eigenvalue weighted by Crippen LogP contribution is -2.41. The van der Waals surface area contributed by atoms with Gasteiger partial charge in [-0.25, -0.2) is 8.42 Å². The maximum atomic E-state index is 13.0. The van der Waals surface area contributed by atoms with Crippen LogP contribution in [0.25, 0.3) is 0 Å². The number of hydrogen-bond acceptors (Lipinski definition) is 5. The van der Waals surface area contributed by atoms with Crippen molar-refractivity contribution in [3.63, 3.8) is 0 Å². The van der Waals surface area contributed by atoms with E-state index in [2.05, 4.69) is 5.32 Å². The number of rotatable bonds is 12. The molecule has 2 aromatic carbocycles. The number of aryl methyl sites for hydroxylation is 1. The molecule has 0 saturated carbocycles. The second-order valence-electron chi connectivity index (χ2n) is 7.33. The van der Waals surface area contributed by atoms with Gasteiger partial charge in [0.1, 0.15) is 0 Å². The van der Waals surface area contributed by atoms with E-state index in [1.54, 1.807) is 14.2 Å². The van der Waals surface area contributed by atoms with E-state index in [0.29, 0.717) is 29.6 Å². The highest BCUT2D eigenvalue weighted by Gasteiger charge is 2.27. The fourth-order valence-electron chi connectivity index (χ4n) is 3.20. The van der Waals surface area contributed by atoms with Crippen LogP contribution in [-0.2, 0) is 16.4 Å². The second kappa shape index (κ2) is 11.9. The molecule has 0 radical (unpaired) electrons. The first-order chi connectivity index (χ1) is 14.7. The molecule has 0 fully saturated rings. The van der Waals surface area contributed by atoms with Crippen molar-refractivity contribution in [2.24, 2.45) is 0 Å². The van der Waals surface area contributed by atoms with E-state index in [0.717, 1.165) is 24.9 Å². The third kappa shape index (κ3) is 6.99. The fourth-order valence-corrected chi connectivity index (χ4v) is 5.22. The van der Waals surface area contributed by atoms with Crippen LogP contribution in [0.3, 0.4) is 0 Å². The van der Waals surface area contributed by atoms with E-state index in [4.69, 9.17) is 32.7 Å². The van der Waals surface area contributed by atoms with E-state index in [-0.39, 0.29) is 16.0 Å². The van der Waals surface area contributed by atoms with Crippen molar-refractivity contribution in [3.05, 3.63) is 52.0 Å². The second-order valence-corrected chi connectivity index (χ2v) is 10.0. The summed E-state index contributed by atoms with van der Waals surface area (Å²) in [6, 6.07) is 10.1. The Hall–Kier alpha value is -1.51. The smallest absolute Gasteiger partial charge is 0.243 e. The molecule has 0 amide bonds. The van der Waals surface area contributed by atoms with E-state index in [1.165, 1.54) is 22.5 Å². The molecule has 2 aromatic rings. The van der Waals surface area contributed by atoms with Crippen LogP contribution >= 0.6 is 23.2 Å². The highest BCUT2D eigenvalue weighted by Crippen LogP contribution is 2.28. The maximum absolute atomic E-state index is 13.0. The number of benzene rings is 2. The van der Waals surface area contributed by atoms with Crippen LogP contribution in [0.5, 0.6) is 11.5 Å². The number of sulfonamides is 1. The number of halogens is 2. The van der Waals surface area contributed by atoms with E-state index >= 15 is 0 Å². The summed E-state index contributed by atoms with van der Waals surface area (Å²) in [6.45, 7) is 5.38. The highest BCUT2D eigenvalue weighted by atomic mass is 35.5. The first-order valence-electron chi connectivity index (χ1n) is 10.1. The van der Waals surface area contributed by atoms with E-state index in [1.807, 2.05) is 32.0 Å². The number of ether oxygens (including phenoxy) is 2. The van der Waals surface area contributed by atoms with Crippen LogP contribution in [-0.4, -0.2) is 52.6 Å². The van der Waals surface area contributed by atoms with Gasteiger partial charge >= 0.3 is 0 Å². The molecule has 0 aromatic heterocycles. The Bertz CT molecular complexity index is 968. The molecule has 9 heteroatoms. The van der Waals surface area contributed by atoms with Crippen molar-refractivity contribution in [2.75, 3.05) is 33.9 Å². The molecule has 172 valence electrons. The lowest BCUT2D eigenvalue weighted by Gasteiger charge is -2.26. The molecule has 0 aliphatic rings. The zero-order valence-electron chi connectivity index (χ0n) is 18.3. The Morgan fingerprint density at radius 3 is 2.29 bits per heavy atom. The first kappa shape index (κ1) is 25.7. The molecule has 31 heavy (non-hydrogen) atoms. The summed E-state index contributed by atoms with van der Waals surface area (Å²) < 4.78 is 38.1. The van der Waals surface area contributed by atoms with E-state index < -0.39 is 10.0 Å². The Balaban J connectivity index is 1.87. The minimum Gasteiger partial charge on any atom is -0.493 e. The molecule has 0 bridgehead atoms. The molecule has 0 unspecified atom stereocenters. The molecule has 0 aliphatic heterocycles. The van der Waals surface area contributed by atoms with Gasteiger partial charge in [0.2, 0.25) is 10.0 Å². The lowest BCUT2D eigenvalue weighted by atomic mass is 10.1. The average molecular weight is 489 g/mol. The Kier molecular flexibility index (Phi) is 9.90. The van der Waals surface area contributed by atoms with Gasteiger partial charge in [-0.05, 0) is 69.1 Å². The van der Waals surface area contributed by atoms with E-state index in [9.17, 15) is 8.42 Å². The molecular weight excluding hydrogens is 459 g/mol. The third-order valence-corrected chi connectivity index (χ3v) is 7.66. The van der Waals surface area contributed by atoms with Crippen molar-refractivity contribution in [2.45, 2.75) is 37.6 Å². The molecule has 0 saturated heterocycles. The number of methoxy groups -OCH3 is 2. The van der Waals surface area contributed by atoms with Crippen LogP contribution < -0.4 is 14.8 Å². The molecule has 0 spiro atoms. The number of hydrogen-bond donors (Lipinski definition) is 1. The predicted octanol–water partition coefficient (Wildman–Crippen LogP) is 4.63. The largest absolute Gasteiger partial charge is 0.493 e. The van der Waals surface area contributed by atoms with Crippen LogP contribution in [0.1, 0.15) is 25.8 Å². The summed E-state index contributed by atoms with van der Waals surface area (Å²) >= 11 is 11.9. The van der Waals surface area contributed by atoms with Crippen LogP contribution in [0.15, 0.2) is 41.3 Å². The van der Waals surface area contributed by atoms with Gasteiger partial charge in [-0.3, -0.25) is 0 Å². The SMILES string of the molecule is COc1ccc(CCCNCCN(C(C)C)S(=O)(=O)c2ccc(Cl)c(Cl)c2)cc1OC. The van der Waals surface area contributed by atoms with Crippen molar-refractivity contribution < 1.29 is 17.9 Å². The molecule has 6 nitrogen and oxygen atoms in total. The summed E-state index contributed by atoms with van der Waals surface area (Å²) in [7, 11) is -0.430. The topological polar surface area (TPSA) is 67.9 Å². The predicted molar refractivity (Wildman–Crippen MR) is 126 cm³/mol. The first-order valence-corrected chi connectivity index (χ1v) is 12.3. The normalized spacial score (nSPS) is 11.9. The fraction of sp³-hybridized carbons (Fsp3) is 0.455. The van der Waals surface area contributed by atoms with Crippen molar-refractivity contribution in [1.82, 2.24) is 9.62 Å². The summed E-state index contributed by atoms with van der Waals surface area (Å²) in [5.74, 6) is 1.43. The van der Waals surface area contributed by atoms with Gasteiger partial charge in [0, 0.05) is 19.1 Å². The zero-order chi connectivity index (χ0) is 23.0.